The van der Waals surface area contributed by atoms with Gasteiger partial charge in [-0.3, -0.25) is 0 Å². The third-order valence-corrected chi connectivity index (χ3v) is 3.39. The SMILES string of the molecule is CC1CNCC(c2ccc(Cl)s2)O1. The van der Waals surface area contributed by atoms with Gasteiger partial charge in [0.2, 0.25) is 0 Å². The Kier molecular flexibility index (Phi) is 2.89. The first-order valence-corrected chi connectivity index (χ1v) is 5.56. The van der Waals surface area contributed by atoms with Crippen LogP contribution in [0.2, 0.25) is 4.34 Å². The Balaban J connectivity index is 2.08. The van der Waals surface area contributed by atoms with Gasteiger partial charge in [-0.2, -0.15) is 0 Å². The molecule has 2 nitrogen and oxygen atoms in total. The highest BCUT2D eigenvalue weighted by atomic mass is 35.5. The molecule has 0 amide bonds. The highest BCUT2D eigenvalue weighted by Gasteiger charge is 2.21. The molecule has 4 heteroatoms. The number of halogens is 1. The fourth-order valence-corrected chi connectivity index (χ4v) is 2.56. The molecule has 0 bridgehead atoms. The maximum Gasteiger partial charge on any atom is 0.104 e. The van der Waals surface area contributed by atoms with Gasteiger partial charge in [0.25, 0.3) is 0 Å². The summed E-state index contributed by atoms with van der Waals surface area (Å²) in [7, 11) is 0. The van der Waals surface area contributed by atoms with Crippen LogP contribution in [0.1, 0.15) is 17.9 Å². The molecule has 2 unspecified atom stereocenters. The molecular weight excluding hydrogens is 206 g/mol. The lowest BCUT2D eigenvalue weighted by atomic mass is 10.2. The molecule has 0 radical (unpaired) electrons. The Morgan fingerprint density at radius 3 is 3.00 bits per heavy atom. The van der Waals surface area contributed by atoms with Gasteiger partial charge >= 0.3 is 0 Å². The Morgan fingerprint density at radius 2 is 2.38 bits per heavy atom. The summed E-state index contributed by atoms with van der Waals surface area (Å²) >= 11 is 7.46. The van der Waals surface area contributed by atoms with E-state index in [0.717, 1.165) is 17.4 Å². The summed E-state index contributed by atoms with van der Waals surface area (Å²) in [6.45, 7) is 3.91. The average molecular weight is 218 g/mol. The van der Waals surface area contributed by atoms with Gasteiger partial charge in [-0.05, 0) is 19.1 Å². The number of hydrogen-bond acceptors (Lipinski definition) is 3. The van der Waals surface area contributed by atoms with Crippen molar-refractivity contribution in [3.8, 4) is 0 Å². The van der Waals surface area contributed by atoms with Crippen LogP contribution in [-0.2, 0) is 4.74 Å². The van der Waals surface area contributed by atoms with E-state index in [-0.39, 0.29) is 6.10 Å². The number of nitrogens with one attached hydrogen (secondary N) is 1. The lowest BCUT2D eigenvalue weighted by Crippen LogP contribution is -2.38. The molecule has 1 saturated heterocycles. The van der Waals surface area contributed by atoms with E-state index in [4.69, 9.17) is 16.3 Å². The van der Waals surface area contributed by atoms with Crippen LogP contribution in [0.4, 0.5) is 0 Å². The number of morpholine rings is 1. The maximum absolute atomic E-state index is 5.86. The van der Waals surface area contributed by atoms with E-state index in [2.05, 4.69) is 12.2 Å². The zero-order chi connectivity index (χ0) is 9.26. The first-order valence-electron chi connectivity index (χ1n) is 4.37. The molecule has 2 rings (SSSR count). The molecule has 1 aromatic heterocycles. The van der Waals surface area contributed by atoms with Crippen LogP contribution in [0.15, 0.2) is 12.1 Å². The molecular formula is C9H12ClNOS. The summed E-state index contributed by atoms with van der Waals surface area (Å²) in [5.41, 5.74) is 0. The van der Waals surface area contributed by atoms with Crippen LogP contribution in [0.3, 0.4) is 0 Å². The lowest BCUT2D eigenvalue weighted by molar-refractivity contribution is -0.0268. The van der Waals surface area contributed by atoms with E-state index in [9.17, 15) is 0 Å². The van der Waals surface area contributed by atoms with E-state index in [1.54, 1.807) is 11.3 Å². The number of hydrogen-bond donors (Lipinski definition) is 1. The standard InChI is InChI=1S/C9H12ClNOS/c1-6-4-11-5-7(12-6)8-2-3-9(10)13-8/h2-3,6-7,11H,4-5H2,1H3. The molecule has 2 heterocycles. The monoisotopic (exact) mass is 217 g/mol. The topological polar surface area (TPSA) is 21.3 Å². The molecule has 0 aromatic carbocycles. The average Bonchev–Trinajstić information content (AvgIpc) is 2.52. The van der Waals surface area contributed by atoms with Gasteiger partial charge in [-0.1, -0.05) is 11.6 Å². The minimum absolute atomic E-state index is 0.182. The third-order valence-electron chi connectivity index (χ3n) is 2.07. The molecule has 0 aliphatic carbocycles. The van der Waals surface area contributed by atoms with Crippen molar-refractivity contribution >= 4 is 22.9 Å². The van der Waals surface area contributed by atoms with E-state index >= 15 is 0 Å². The Bertz CT molecular complexity index is 289. The van der Waals surface area contributed by atoms with Gasteiger partial charge in [0.05, 0.1) is 10.4 Å². The van der Waals surface area contributed by atoms with E-state index in [1.807, 2.05) is 12.1 Å². The largest absolute Gasteiger partial charge is 0.367 e. The van der Waals surface area contributed by atoms with E-state index in [1.165, 1.54) is 4.88 Å². The first-order chi connectivity index (χ1) is 6.25. The van der Waals surface area contributed by atoms with Crippen LogP contribution >= 0.6 is 22.9 Å². The molecule has 1 aromatic rings. The predicted molar refractivity (Wildman–Crippen MR) is 55.5 cm³/mol. The van der Waals surface area contributed by atoms with Crippen molar-refractivity contribution in [2.24, 2.45) is 0 Å². The molecule has 1 aliphatic rings. The van der Waals surface area contributed by atoms with Crippen molar-refractivity contribution in [3.63, 3.8) is 0 Å². The number of rotatable bonds is 1. The molecule has 1 N–H and O–H groups in total. The van der Waals surface area contributed by atoms with Gasteiger partial charge < -0.3 is 10.1 Å². The minimum Gasteiger partial charge on any atom is -0.367 e. The molecule has 1 aliphatic heterocycles. The van der Waals surface area contributed by atoms with Gasteiger partial charge in [0.15, 0.2) is 0 Å². The van der Waals surface area contributed by atoms with Gasteiger partial charge in [-0.15, -0.1) is 11.3 Å². The number of thiophene rings is 1. The minimum atomic E-state index is 0.182. The second kappa shape index (κ2) is 3.96. The Labute approximate surface area is 86.9 Å². The van der Waals surface area contributed by atoms with Gasteiger partial charge in [0, 0.05) is 18.0 Å². The van der Waals surface area contributed by atoms with Crippen molar-refractivity contribution < 1.29 is 4.74 Å². The summed E-state index contributed by atoms with van der Waals surface area (Å²) in [5.74, 6) is 0. The van der Waals surface area contributed by atoms with Gasteiger partial charge in [-0.25, -0.2) is 0 Å². The van der Waals surface area contributed by atoms with Crippen LogP contribution in [0, 0.1) is 0 Å². The zero-order valence-corrected chi connectivity index (χ0v) is 8.99. The van der Waals surface area contributed by atoms with Gasteiger partial charge in [0.1, 0.15) is 6.10 Å². The van der Waals surface area contributed by atoms with E-state index < -0.39 is 0 Å². The zero-order valence-electron chi connectivity index (χ0n) is 7.42. The predicted octanol–water partition coefficient (Wildman–Crippen LogP) is 2.45. The Morgan fingerprint density at radius 1 is 1.54 bits per heavy atom. The summed E-state index contributed by atoms with van der Waals surface area (Å²) < 4.78 is 6.61. The smallest absolute Gasteiger partial charge is 0.104 e. The highest BCUT2D eigenvalue weighted by molar-refractivity contribution is 7.16. The summed E-state index contributed by atoms with van der Waals surface area (Å²) in [4.78, 5) is 1.21. The molecule has 0 spiro atoms. The van der Waals surface area contributed by atoms with Crippen LogP contribution < -0.4 is 5.32 Å². The summed E-state index contributed by atoms with van der Waals surface area (Å²) in [5, 5.41) is 3.33. The molecule has 13 heavy (non-hydrogen) atoms. The molecule has 2 atom stereocenters. The normalized spacial score (nSPS) is 29.1. The van der Waals surface area contributed by atoms with Crippen molar-refractivity contribution in [2.45, 2.75) is 19.1 Å². The molecule has 72 valence electrons. The lowest BCUT2D eigenvalue weighted by Gasteiger charge is -2.27. The van der Waals surface area contributed by atoms with E-state index in [0.29, 0.717) is 6.10 Å². The van der Waals surface area contributed by atoms with Crippen molar-refractivity contribution in [2.75, 3.05) is 13.1 Å². The fraction of sp³-hybridized carbons (Fsp3) is 0.556. The summed E-state index contributed by atoms with van der Waals surface area (Å²) in [6.07, 6.45) is 0.473. The van der Waals surface area contributed by atoms with Crippen molar-refractivity contribution in [1.29, 1.82) is 0 Å². The first kappa shape index (κ1) is 9.46. The third kappa shape index (κ3) is 2.23. The second-order valence-electron chi connectivity index (χ2n) is 3.24. The molecule has 1 fully saturated rings. The maximum atomic E-state index is 5.86. The van der Waals surface area contributed by atoms with Crippen LogP contribution in [0.5, 0.6) is 0 Å². The van der Waals surface area contributed by atoms with Crippen molar-refractivity contribution in [1.82, 2.24) is 5.32 Å². The van der Waals surface area contributed by atoms with Crippen LogP contribution in [-0.4, -0.2) is 19.2 Å². The molecule has 0 saturated carbocycles. The highest BCUT2D eigenvalue weighted by Crippen LogP contribution is 2.30. The van der Waals surface area contributed by atoms with Crippen LogP contribution in [0.25, 0.3) is 0 Å². The number of ether oxygens (including phenoxy) is 1. The fourth-order valence-electron chi connectivity index (χ4n) is 1.46. The quantitative estimate of drug-likeness (QED) is 0.781. The second-order valence-corrected chi connectivity index (χ2v) is 4.98. The summed E-state index contributed by atoms with van der Waals surface area (Å²) in [6, 6.07) is 3.96. The Hall–Kier alpha value is -0.0900. The van der Waals surface area contributed by atoms with Crippen molar-refractivity contribution in [3.05, 3.63) is 21.3 Å².